The number of benzene rings is 2. The van der Waals surface area contributed by atoms with Crippen LogP contribution in [0.25, 0.3) is 0 Å². The number of rotatable bonds is 5. The average Bonchev–Trinajstić information content (AvgIpc) is 3.19. The van der Waals surface area contributed by atoms with Gasteiger partial charge in [-0.15, -0.1) is 0 Å². The molecule has 146 valence electrons. The Hall–Kier alpha value is -3.42. The van der Waals surface area contributed by atoms with Crippen LogP contribution < -0.4 is 24.3 Å². The topological polar surface area (TPSA) is 92.3 Å². The van der Waals surface area contributed by atoms with E-state index in [9.17, 15) is 9.59 Å². The van der Waals surface area contributed by atoms with E-state index in [1.807, 2.05) is 25.1 Å². The van der Waals surface area contributed by atoms with E-state index < -0.39 is 24.6 Å². The fourth-order valence-electron chi connectivity index (χ4n) is 2.91. The van der Waals surface area contributed by atoms with Crippen LogP contribution in [0.15, 0.2) is 42.5 Å². The second-order valence-corrected chi connectivity index (χ2v) is 6.37. The first-order chi connectivity index (χ1) is 13.6. The van der Waals surface area contributed by atoms with Crippen LogP contribution in [0.1, 0.15) is 18.5 Å². The molecule has 0 unspecified atom stereocenters. The van der Waals surface area contributed by atoms with Gasteiger partial charge in [0, 0.05) is 0 Å². The van der Waals surface area contributed by atoms with Crippen molar-refractivity contribution in [1.29, 1.82) is 0 Å². The highest BCUT2D eigenvalue weighted by atomic mass is 16.7. The summed E-state index contributed by atoms with van der Waals surface area (Å²) in [7, 11) is 0. The molecule has 2 aliphatic rings. The number of esters is 1. The summed E-state index contributed by atoms with van der Waals surface area (Å²) in [4.78, 5) is 24.3. The van der Waals surface area contributed by atoms with Crippen molar-refractivity contribution in [1.82, 2.24) is 5.32 Å². The summed E-state index contributed by atoms with van der Waals surface area (Å²) in [5.41, 5.74) is 0.851. The van der Waals surface area contributed by atoms with Crippen LogP contribution in [0, 0.1) is 0 Å². The molecule has 4 rings (SSSR count). The van der Waals surface area contributed by atoms with Crippen LogP contribution in [-0.2, 0) is 14.3 Å². The zero-order valence-electron chi connectivity index (χ0n) is 15.2. The number of hydrogen-bond acceptors (Lipinski definition) is 7. The number of para-hydroxylation sites is 2. The maximum atomic E-state index is 12.2. The maximum Gasteiger partial charge on any atom is 0.351 e. The summed E-state index contributed by atoms with van der Waals surface area (Å²) in [6.45, 7) is 1.64. The molecule has 28 heavy (non-hydrogen) atoms. The molecule has 0 spiro atoms. The molecule has 1 amide bonds. The van der Waals surface area contributed by atoms with Crippen molar-refractivity contribution in [3.8, 4) is 23.0 Å². The Balaban J connectivity index is 1.27. The molecule has 2 atom stereocenters. The molecule has 1 N–H and O–H groups in total. The van der Waals surface area contributed by atoms with E-state index >= 15 is 0 Å². The lowest BCUT2D eigenvalue weighted by atomic mass is 10.1. The van der Waals surface area contributed by atoms with Gasteiger partial charge >= 0.3 is 5.97 Å². The molecule has 0 saturated heterocycles. The number of fused-ring (bicyclic) bond motifs is 2. The fourth-order valence-corrected chi connectivity index (χ4v) is 2.91. The van der Waals surface area contributed by atoms with Crippen molar-refractivity contribution in [3.63, 3.8) is 0 Å². The molecular formula is C20H19NO7. The van der Waals surface area contributed by atoms with Gasteiger partial charge < -0.3 is 29.0 Å². The molecule has 0 aliphatic carbocycles. The molecule has 0 saturated carbocycles. The molecule has 0 bridgehead atoms. The summed E-state index contributed by atoms with van der Waals surface area (Å²) in [6, 6.07) is 12.2. The first-order valence-corrected chi connectivity index (χ1v) is 8.84. The van der Waals surface area contributed by atoms with Crippen molar-refractivity contribution >= 4 is 11.9 Å². The van der Waals surface area contributed by atoms with Gasteiger partial charge in [0.05, 0.1) is 6.04 Å². The van der Waals surface area contributed by atoms with Crippen LogP contribution in [0.4, 0.5) is 0 Å². The van der Waals surface area contributed by atoms with Gasteiger partial charge in [0.25, 0.3) is 5.91 Å². The normalized spacial score (nSPS) is 17.5. The molecule has 2 heterocycles. The minimum Gasteiger partial charge on any atom is -0.485 e. The monoisotopic (exact) mass is 385 g/mol. The number of carbonyl (C=O) groups is 2. The van der Waals surface area contributed by atoms with E-state index in [0.717, 1.165) is 5.56 Å². The third kappa shape index (κ3) is 3.80. The van der Waals surface area contributed by atoms with Crippen LogP contribution in [0.3, 0.4) is 0 Å². The Morgan fingerprint density at radius 2 is 1.82 bits per heavy atom. The molecule has 8 heteroatoms. The molecule has 8 nitrogen and oxygen atoms in total. The van der Waals surface area contributed by atoms with Gasteiger partial charge in [-0.1, -0.05) is 18.2 Å². The molecular weight excluding hydrogens is 366 g/mol. The van der Waals surface area contributed by atoms with Gasteiger partial charge in [-0.25, -0.2) is 4.79 Å². The number of nitrogens with one attached hydrogen (secondary N) is 1. The SMILES string of the molecule is C[C@@H](NC(=O)COC(=O)[C@H]1COc2ccccc2O1)c1ccc2c(c1)OCO2. The highest BCUT2D eigenvalue weighted by molar-refractivity contribution is 5.82. The largest absolute Gasteiger partial charge is 0.485 e. The lowest BCUT2D eigenvalue weighted by Gasteiger charge is -2.24. The maximum absolute atomic E-state index is 12.2. The quantitative estimate of drug-likeness (QED) is 0.787. The fraction of sp³-hybridized carbons (Fsp3) is 0.300. The van der Waals surface area contributed by atoms with Crippen molar-refractivity contribution in [2.75, 3.05) is 20.0 Å². The number of hydrogen-bond donors (Lipinski definition) is 1. The smallest absolute Gasteiger partial charge is 0.351 e. The Kier molecular flexibility index (Phi) is 4.92. The van der Waals surface area contributed by atoms with E-state index in [1.54, 1.807) is 24.3 Å². The second-order valence-electron chi connectivity index (χ2n) is 6.37. The third-order valence-electron chi connectivity index (χ3n) is 4.39. The Morgan fingerprint density at radius 1 is 1.07 bits per heavy atom. The first-order valence-electron chi connectivity index (χ1n) is 8.84. The van der Waals surface area contributed by atoms with Crippen LogP contribution >= 0.6 is 0 Å². The van der Waals surface area contributed by atoms with Gasteiger partial charge in [0.15, 0.2) is 29.6 Å². The van der Waals surface area contributed by atoms with Crippen molar-refractivity contribution in [2.45, 2.75) is 19.1 Å². The number of carbonyl (C=O) groups excluding carboxylic acids is 2. The predicted octanol–water partition coefficient (Wildman–Crippen LogP) is 1.98. The number of ether oxygens (including phenoxy) is 5. The summed E-state index contributed by atoms with van der Waals surface area (Å²) in [5, 5.41) is 2.78. The second kappa shape index (κ2) is 7.67. The highest BCUT2D eigenvalue weighted by Crippen LogP contribution is 2.34. The molecule has 0 aromatic heterocycles. The minimum absolute atomic E-state index is 0.0328. The molecule has 2 aromatic carbocycles. The summed E-state index contributed by atoms with van der Waals surface area (Å²) in [5.74, 6) is 1.28. The van der Waals surface area contributed by atoms with E-state index in [-0.39, 0.29) is 19.4 Å². The lowest BCUT2D eigenvalue weighted by Crippen LogP contribution is -2.40. The molecule has 2 aromatic rings. The summed E-state index contributed by atoms with van der Waals surface area (Å²) >= 11 is 0. The number of amides is 1. The van der Waals surface area contributed by atoms with Gasteiger partial charge in [-0.2, -0.15) is 0 Å². The third-order valence-corrected chi connectivity index (χ3v) is 4.39. The minimum atomic E-state index is -0.908. The van der Waals surface area contributed by atoms with Gasteiger partial charge in [0.1, 0.15) is 6.61 Å². The van der Waals surface area contributed by atoms with Crippen LogP contribution in [0.2, 0.25) is 0 Å². The zero-order chi connectivity index (χ0) is 19.5. The standard InChI is InChI=1S/C20H19NO7/c1-12(13-6-7-15-17(8-13)27-11-26-15)21-19(22)10-25-20(23)18-9-24-14-4-2-3-5-16(14)28-18/h2-8,12,18H,9-11H2,1H3,(H,21,22)/t12-,18-/m1/s1. The van der Waals surface area contributed by atoms with E-state index in [1.165, 1.54) is 0 Å². The molecule has 0 radical (unpaired) electrons. The van der Waals surface area contributed by atoms with Crippen molar-refractivity contribution in [3.05, 3.63) is 48.0 Å². The van der Waals surface area contributed by atoms with E-state index in [0.29, 0.717) is 23.0 Å². The summed E-state index contributed by atoms with van der Waals surface area (Å²) in [6.07, 6.45) is -0.908. The summed E-state index contributed by atoms with van der Waals surface area (Å²) < 4.78 is 26.7. The highest BCUT2D eigenvalue weighted by Gasteiger charge is 2.29. The lowest BCUT2D eigenvalue weighted by molar-refractivity contribution is -0.157. The van der Waals surface area contributed by atoms with E-state index in [4.69, 9.17) is 23.7 Å². The molecule has 2 aliphatic heterocycles. The Morgan fingerprint density at radius 3 is 2.68 bits per heavy atom. The first kappa shape index (κ1) is 18.0. The van der Waals surface area contributed by atoms with Crippen LogP contribution in [-0.4, -0.2) is 38.0 Å². The van der Waals surface area contributed by atoms with Gasteiger partial charge in [0.2, 0.25) is 12.9 Å². The average molecular weight is 385 g/mol. The van der Waals surface area contributed by atoms with Gasteiger partial charge in [-0.05, 0) is 36.8 Å². The van der Waals surface area contributed by atoms with Crippen molar-refractivity contribution < 1.29 is 33.3 Å². The Labute approximate surface area is 161 Å². The van der Waals surface area contributed by atoms with Gasteiger partial charge in [-0.3, -0.25) is 4.79 Å². The van der Waals surface area contributed by atoms with Crippen LogP contribution in [0.5, 0.6) is 23.0 Å². The van der Waals surface area contributed by atoms with Crippen molar-refractivity contribution in [2.24, 2.45) is 0 Å². The predicted molar refractivity (Wildman–Crippen MR) is 96.4 cm³/mol. The Bertz CT molecular complexity index is 898. The zero-order valence-corrected chi connectivity index (χ0v) is 15.2. The molecule has 0 fully saturated rings. The van der Waals surface area contributed by atoms with E-state index in [2.05, 4.69) is 5.32 Å².